The Morgan fingerprint density at radius 3 is 1.93 bits per heavy atom. The van der Waals surface area contributed by atoms with E-state index >= 15 is 0 Å². The topological polar surface area (TPSA) is 132 Å². The molecule has 0 unspecified atom stereocenters. The number of cyclic esters (lactones) is 2. The molecule has 10 nitrogen and oxygen atoms in total. The summed E-state index contributed by atoms with van der Waals surface area (Å²) in [5.41, 5.74) is 3.47. The van der Waals surface area contributed by atoms with Gasteiger partial charge in [0.25, 0.3) is 5.79 Å². The largest absolute Gasteiger partial charge is 0.457 e. The number of para-hydroxylation sites is 2. The van der Waals surface area contributed by atoms with Crippen LogP contribution in [0.1, 0.15) is 25.2 Å². The summed E-state index contributed by atoms with van der Waals surface area (Å²) in [6, 6.07) is 28.3. The van der Waals surface area contributed by atoms with Crippen molar-refractivity contribution in [3.63, 3.8) is 0 Å². The van der Waals surface area contributed by atoms with Crippen LogP contribution in [0, 0.1) is 13.8 Å². The van der Waals surface area contributed by atoms with Crippen LogP contribution in [0.2, 0.25) is 0 Å². The molecule has 0 spiro atoms. The average molecular weight is 593 g/mol. The quantitative estimate of drug-likeness (QED) is 0.141. The molecule has 10 heteroatoms. The summed E-state index contributed by atoms with van der Waals surface area (Å²) in [6.45, 7) is 6.72. The lowest BCUT2D eigenvalue weighted by molar-refractivity contribution is -0.222. The normalized spacial score (nSPS) is 13.2. The number of pyridine rings is 3. The minimum Gasteiger partial charge on any atom is -0.457 e. The van der Waals surface area contributed by atoms with Gasteiger partial charge in [0.15, 0.2) is 5.57 Å². The van der Waals surface area contributed by atoms with E-state index in [0.29, 0.717) is 11.2 Å². The lowest BCUT2D eigenvalue weighted by atomic mass is 10.2. The summed E-state index contributed by atoms with van der Waals surface area (Å²) in [5.74, 6) is -0.915. The summed E-state index contributed by atoms with van der Waals surface area (Å²) in [7, 11) is 0. The summed E-state index contributed by atoms with van der Waals surface area (Å²) in [4.78, 5) is 45.7. The number of rotatable bonds is 4. The number of hydrogen-bond donors (Lipinski definition) is 2. The lowest BCUT2D eigenvalue weighted by Gasteiger charge is -2.29. The van der Waals surface area contributed by atoms with Crippen LogP contribution >= 0.6 is 0 Å². The predicted octanol–water partition coefficient (Wildman–Crippen LogP) is 6.23. The Morgan fingerprint density at radius 2 is 1.36 bits per heavy atom. The van der Waals surface area contributed by atoms with Crippen LogP contribution in [-0.4, -0.2) is 32.7 Å². The van der Waals surface area contributed by atoms with Crippen molar-refractivity contribution in [2.45, 2.75) is 33.5 Å². The van der Waals surface area contributed by atoms with Crippen LogP contribution in [0.25, 0.3) is 11.0 Å². The third-order valence-corrected chi connectivity index (χ3v) is 5.87. The number of aromatic amines is 1. The maximum atomic E-state index is 11.6. The highest BCUT2D eigenvalue weighted by molar-refractivity contribution is 6.15. The van der Waals surface area contributed by atoms with Crippen molar-refractivity contribution in [2.24, 2.45) is 0 Å². The van der Waals surface area contributed by atoms with E-state index < -0.39 is 17.7 Å². The van der Waals surface area contributed by atoms with Crippen molar-refractivity contribution in [3.05, 3.63) is 137 Å². The molecule has 0 aliphatic carbocycles. The number of fused-ring (bicyclic) bond motifs is 1. The molecule has 224 valence electrons. The number of nitrogens with zero attached hydrogens (tertiary/aromatic N) is 2. The minimum absolute atomic E-state index is 0.0348. The van der Waals surface area contributed by atoms with Gasteiger partial charge in [-0.25, -0.2) is 14.6 Å². The molecule has 0 saturated carbocycles. The molecule has 44 heavy (non-hydrogen) atoms. The second-order valence-corrected chi connectivity index (χ2v) is 9.99. The molecular weight excluding hydrogens is 560 g/mol. The first-order valence-corrected chi connectivity index (χ1v) is 13.7. The van der Waals surface area contributed by atoms with Crippen LogP contribution in [0.5, 0.6) is 11.5 Å². The fourth-order valence-electron chi connectivity index (χ4n) is 3.75. The van der Waals surface area contributed by atoms with Gasteiger partial charge < -0.3 is 24.5 Å². The molecule has 1 aliphatic rings. The molecule has 2 aromatic carbocycles. The maximum Gasteiger partial charge on any atom is 0.350 e. The van der Waals surface area contributed by atoms with Crippen LogP contribution in [0.15, 0.2) is 120 Å². The van der Waals surface area contributed by atoms with Crippen molar-refractivity contribution in [2.75, 3.05) is 5.32 Å². The molecule has 5 aromatic rings. The number of esters is 2. The highest BCUT2D eigenvalue weighted by Gasteiger charge is 2.38. The van der Waals surface area contributed by atoms with Crippen molar-refractivity contribution in [1.29, 1.82) is 0 Å². The smallest absolute Gasteiger partial charge is 0.350 e. The van der Waals surface area contributed by atoms with Gasteiger partial charge in [-0.05, 0) is 62.4 Å². The molecule has 2 N–H and O–H groups in total. The minimum atomic E-state index is -1.23. The molecule has 6 rings (SSSR count). The van der Waals surface area contributed by atoms with E-state index in [4.69, 9.17) is 14.2 Å². The number of benzene rings is 2. The van der Waals surface area contributed by atoms with Gasteiger partial charge in [-0.15, -0.1) is 0 Å². The standard InChI is InChI=1S/C13H14N2O4.C12H10O.C9H8N2O/c1-8-4-5-9(6-14-8)15-7-10-11(16)18-13(2,3)19-12(10)17;1-3-7-11(8-4-1)13-12-9-5-2-6-10-12;1-6-2-3-7-9(11-6)8(12)4-5-10-7/h4-7,15H,1-3H3;1-10H;2-5H,1H3,(H,10,12). The predicted molar refractivity (Wildman–Crippen MR) is 167 cm³/mol. The number of aryl methyl sites for hydroxylation is 2. The van der Waals surface area contributed by atoms with E-state index in [2.05, 4.69) is 20.3 Å². The summed E-state index contributed by atoms with van der Waals surface area (Å²) in [6.07, 6.45) is 4.48. The Balaban J connectivity index is 0.000000156. The van der Waals surface area contributed by atoms with E-state index in [1.807, 2.05) is 92.7 Å². The van der Waals surface area contributed by atoms with Crippen LogP contribution in [0.3, 0.4) is 0 Å². The zero-order valence-corrected chi connectivity index (χ0v) is 24.7. The van der Waals surface area contributed by atoms with E-state index in [1.165, 1.54) is 26.1 Å². The Hall–Kier alpha value is -5.77. The van der Waals surface area contributed by atoms with Gasteiger partial charge in [-0.1, -0.05) is 36.4 Å². The lowest BCUT2D eigenvalue weighted by Crippen LogP contribution is -2.42. The zero-order chi connectivity index (χ0) is 31.5. The van der Waals surface area contributed by atoms with Gasteiger partial charge in [-0.2, -0.15) is 0 Å². The van der Waals surface area contributed by atoms with Gasteiger partial charge in [0, 0.05) is 43.7 Å². The first-order chi connectivity index (χ1) is 21.1. The number of ether oxygens (including phenoxy) is 3. The van der Waals surface area contributed by atoms with Gasteiger partial charge in [0.2, 0.25) is 5.43 Å². The number of aromatic nitrogens is 3. The Morgan fingerprint density at radius 1 is 0.773 bits per heavy atom. The maximum absolute atomic E-state index is 11.6. The second kappa shape index (κ2) is 14.4. The molecule has 0 amide bonds. The molecule has 1 fully saturated rings. The fourth-order valence-corrected chi connectivity index (χ4v) is 3.75. The van der Waals surface area contributed by atoms with Crippen molar-refractivity contribution in [3.8, 4) is 11.5 Å². The van der Waals surface area contributed by atoms with E-state index in [1.54, 1.807) is 18.5 Å². The number of hydrogen-bond acceptors (Lipinski definition) is 9. The first kappa shape index (κ1) is 31.2. The molecule has 4 heterocycles. The average Bonchev–Trinajstić information content (AvgIpc) is 2.99. The number of H-pyrrole nitrogens is 1. The summed E-state index contributed by atoms with van der Waals surface area (Å²) < 4.78 is 15.5. The Labute approximate surface area is 254 Å². The monoisotopic (exact) mass is 592 g/mol. The molecule has 3 aromatic heterocycles. The number of carbonyl (C=O) groups excluding carboxylic acids is 2. The Kier molecular flexibility index (Phi) is 10.2. The highest BCUT2D eigenvalue weighted by atomic mass is 16.7. The molecule has 1 aliphatic heterocycles. The summed E-state index contributed by atoms with van der Waals surface area (Å²) >= 11 is 0. The highest BCUT2D eigenvalue weighted by Crippen LogP contribution is 2.23. The van der Waals surface area contributed by atoms with E-state index in [0.717, 1.165) is 28.4 Å². The molecule has 0 atom stereocenters. The van der Waals surface area contributed by atoms with Crippen LogP contribution in [-0.2, 0) is 19.1 Å². The fraction of sp³-hybridized carbons (Fsp3) is 0.147. The first-order valence-electron chi connectivity index (χ1n) is 13.7. The van der Waals surface area contributed by atoms with Gasteiger partial charge in [0.05, 0.1) is 17.4 Å². The Bertz CT molecular complexity index is 1740. The zero-order valence-electron chi connectivity index (χ0n) is 24.7. The van der Waals surface area contributed by atoms with Crippen LogP contribution < -0.4 is 15.5 Å². The molecule has 0 bridgehead atoms. The number of nitrogens with one attached hydrogen (secondary N) is 2. The molecular formula is C34H32N4O6. The van der Waals surface area contributed by atoms with Crippen molar-refractivity contribution < 1.29 is 23.8 Å². The number of anilines is 1. The van der Waals surface area contributed by atoms with Crippen LogP contribution in [0.4, 0.5) is 5.69 Å². The molecule has 0 radical (unpaired) electrons. The third-order valence-electron chi connectivity index (χ3n) is 5.87. The van der Waals surface area contributed by atoms with Gasteiger partial charge in [-0.3, -0.25) is 9.78 Å². The van der Waals surface area contributed by atoms with Gasteiger partial charge in [0.1, 0.15) is 17.0 Å². The van der Waals surface area contributed by atoms with Crippen molar-refractivity contribution in [1.82, 2.24) is 15.0 Å². The summed E-state index contributed by atoms with van der Waals surface area (Å²) in [5, 5.41) is 2.80. The number of carbonyl (C=O) groups is 2. The van der Waals surface area contributed by atoms with Crippen molar-refractivity contribution >= 4 is 28.7 Å². The van der Waals surface area contributed by atoms with Gasteiger partial charge >= 0.3 is 11.9 Å². The third kappa shape index (κ3) is 9.12. The van der Waals surface area contributed by atoms with E-state index in [9.17, 15) is 14.4 Å². The second-order valence-electron chi connectivity index (χ2n) is 9.99. The van der Waals surface area contributed by atoms with E-state index in [-0.39, 0.29) is 11.0 Å². The SMILES string of the molecule is Cc1ccc(NC=C2C(=O)OC(C)(C)OC2=O)cn1.Cc1ccc2[nH]ccc(=O)c2n1.c1ccc(Oc2ccccc2)cc1. The molecule has 1 saturated heterocycles.